The van der Waals surface area contributed by atoms with Gasteiger partial charge < -0.3 is 15.3 Å². The van der Waals surface area contributed by atoms with Gasteiger partial charge in [0.1, 0.15) is 18.0 Å². The van der Waals surface area contributed by atoms with Gasteiger partial charge in [0.05, 0.1) is 11.3 Å². The van der Waals surface area contributed by atoms with Crippen LogP contribution in [0.4, 0.5) is 11.4 Å². The molecule has 2 N–H and O–H groups in total. The number of phenolic OH excluding ortho intramolecular Hbond substituents is 1. The van der Waals surface area contributed by atoms with E-state index in [1.54, 1.807) is 42.5 Å². The molecule has 0 saturated carbocycles. The fraction of sp³-hybridized carbons (Fsp3) is 0.292. The molecule has 0 spiro atoms. The monoisotopic (exact) mass is 417 g/mol. The maximum atomic E-state index is 13.8. The number of fused-ring (bicyclic) bond motifs is 6. The number of anilines is 2. The zero-order chi connectivity index (χ0) is 22.1. The van der Waals surface area contributed by atoms with Gasteiger partial charge in [-0.1, -0.05) is 32.1 Å². The van der Waals surface area contributed by atoms with E-state index in [1.807, 2.05) is 13.8 Å². The Labute approximate surface area is 180 Å². The van der Waals surface area contributed by atoms with Crippen LogP contribution in [-0.2, 0) is 15.0 Å². The lowest BCUT2D eigenvalue weighted by atomic mass is 9.60. The molecule has 3 aliphatic rings. The van der Waals surface area contributed by atoms with Crippen molar-refractivity contribution in [2.45, 2.75) is 37.9 Å². The lowest BCUT2D eigenvalue weighted by molar-refractivity contribution is -0.120. The van der Waals surface area contributed by atoms with Gasteiger partial charge in [0.15, 0.2) is 0 Å². The molecule has 1 fully saturated rings. The molecule has 31 heavy (non-hydrogen) atoms. The molecule has 0 radical (unpaired) electrons. The maximum absolute atomic E-state index is 13.8. The van der Waals surface area contributed by atoms with Crippen molar-refractivity contribution in [1.82, 2.24) is 4.90 Å². The molecular formula is C24H23N3O4. The van der Waals surface area contributed by atoms with Crippen molar-refractivity contribution in [3.05, 3.63) is 66.2 Å². The van der Waals surface area contributed by atoms with Gasteiger partial charge in [-0.15, -0.1) is 6.58 Å². The summed E-state index contributed by atoms with van der Waals surface area (Å²) in [6.45, 7) is 7.98. The molecule has 0 aromatic heterocycles. The van der Waals surface area contributed by atoms with Crippen molar-refractivity contribution in [2.75, 3.05) is 10.2 Å². The number of amides is 3. The number of para-hydroxylation sites is 1. The van der Waals surface area contributed by atoms with Crippen molar-refractivity contribution in [3.8, 4) is 5.75 Å². The van der Waals surface area contributed by atoms with Crippen LogP contribution in [0.2, 0.25) is 0 Å². The van der Waals surface area contributed by atoms with Crippen LogP contribution in [0, 0.1) is 5.41 Å². The number of benzene rings is 2. The third-order valence-electron chi connectivity index (χ3n) is 7.28. The molecule has 7 nitrogen and oxygen atoms in total. The van der Waals surface area contributed by atoms with E-state index in [2.05, 4.69) is 11.9 Å². The van der Waals surface area contributed by atoms with Crippen LogP contribution in [0.5, 0.6) is 5.75 Å². The average molecular weight is 417 g/mol. The van der Waals surface area contributed by atoms with E-state index in [1.165, 1.54) is 15.9 Å². The molecule has 1 saturated heterocycles. The molecule has 7 heteroatoms. The fourth-order valence-corrected chi connectivity index (χ4v) is 5.62. The van der Waals surface area contributed by atoms with Gasteiger partial charge in [0.2, 0.25) is 12.3 Å². The molecule has 3 aliphatic heterocycles. The number of aromatic hydroxyl groups is 1. The Bertz CT molecular complexity index is 1160. The first-order valence-corrected chi connectivity index (χ1v) is 10.2. The number of nitrogens with one attached hydrogen (secondary N) is 1. The predicted molar refractivity (Wildman–Crippen MR) is 116 cm³/mol. The highest BCUT2D eigenvalue weighted by Gasteiger charge is 2.68. The molecule has 2 aromatic carbocycles. The molecule has 0 unspecified atom stereocenters. The normalized spacial score (nSPS) is 26.4. The number of hydrogen-bond donors (Lipinski definition) is 2. The quantitative estimate of drug-likeness (QED) is 0.593. The summed E-state index contributed by atoms with van der Waals surface area (Å²) in [5, 5.41) is 13.2. The first-order chi connectivity index (χ1) is 14.8. The van der Waals surface area contributed by atoms with Crippen molar-refractivity contribution < 1.29 is 19.5 Å². The molecular weight excluding hydrogens is 394 g/mol. The van der Waals surface area contributed by atoms with E-state index in [0.717, 1.165) is 5.56 Å². The van der Waals surface area contributed by atoms with E-state index in [4.69, 9.17) is 0 Å². The van der Waals surface area contributed by atoms with E-state index in [-0.39, 0.29) is 17.6 Å². The Hall–Kier alpha value is -3.61. The Morgan fingerprint density at radius 3 is 2.68 bits per heavy atom. The van der Waals surface area contributed by atoms with E-state index in [0.29, 0.717) is 29.8 Å². The lowest BCUT2D eigenvalue weighted by Gasteiger charge is -2.44. The number of nitrogens with zero attached hydrogens (tertiary/aromatic N) is 2. The number of carbonyl (C=O) groups excluding carboxylic acids is 3. The summed E-state index contributed by atoms with van der Waals surface area (Å²) < 4.78 is 0. The summed E-state index contributed by atoms with van der Waals surface area (Å²) >= 11 is 0. The number of phenols is 1. The fourth-order valence-electron chi connectivity index (χ4n) is 5.62. The molecule has 158 valence electrons. The highest BCUT2D eigenvalue weighted by Crippen LogP contribution is 2.62. The van der Waals surface area contributed by atoms with Gasteiger partial charge in [-0.05, 0) is 47.7 Å². The summed E-state index contributed by atoms with van der Waals surface area (Å²) in [7, 11) is 0. The van der Waals surface area contributed by atoms with Crippen molar-refractivity contribution in [1.29, 1.82) is 0 Å². The summed E-state index contributed by atoms with van der Waals surface area (Å²) in [6, 6.07) is 11.0. The highest BCUT2D eigenvalue weighted by molar-refractivity contribution is 6.11. The summed E-state index contributed by atoms with van der Waals surface area (Å²) in [5.74, 6) is -0.540. The largest absolute Gasteiger partial charge is 0.508 e. The minimum Gasteiger partial charge on any atom is -0.508 e. The van der Waals surface area contributed by atoms with Crippen LogP contribution in [0.25, 0.3) is 0 Å². The van der Waals surface area contributed by atoms with Crippen LogP contribution < -0.4 is 10.2 Å². The van der Waals surface area contributed by atoms with Crippen molar-refractivity contribution in [2.24, 2.45) is 5.41 Å². The first kappa shape index (κ1) is 19.4. The molecule has 0 bridgehead atoms. The van der Waals surface area contributed by atoms with Crippen LogP contribution in [0.1, 0.15) is 36.2 Å². The van der Waals surface area contributed by atoms with Crippen molar-refractivity contribution >= 4 is 29.6 Å². The van der Waals surface area contributed by atoms with Gasteiger partial charge in [-0.3, -0.25) is 19.3 Å². The second-order valence-electron chi connectivity index (χ2n) is 8.95. The third-order valence-corrected chi connectivity index (χ3v) is 7.28. The molecule has 0 aliphatic carbocycles. The Balaban J connectivity index is 1.81. The second-order valence-corrected chi connectivity index (χ2v) is 8.95. The summed E-state index contributed by atoms with van der Waals surface area (Å²) in [5.41, 5.74) is 0.771. The summed E-state index contributed by atoms with van der Waals surface area (Å²) in [6.07, 6.45) is 2.06. The molecule has 2 aromatic rings. The van der Waals surface area contributed by atoms with Gasteiger partial charge in [-0.2, -0.15) is 0 Å². The molecule has 3 atom stereocenters. The van der Waals surface area contributed by atoms with Gasteiger partial charge in [-0.25, -0.2) is 0 Å². The number of rotatable bonds is 3. The molecule has 5 rings (SSSR count). The number of allylic oxidation sites excluding steroid dienone is 1. The standard InChI is InChI=1S/C24H23N3O4/c1-4-23(2,3)24-12-19-20(30)25-17-8-6-5-7-15(17)21(31)27(19)22(24)26(13-28)18-10-9-14(29)11-16(18)24/h4-11,13,19,22,29H,1,12H2,2-3H3,(H,25,30)/t19-,22-,24+/m1/s1. The van der Waals surface area contributed by atoms with Crippen molar-refractivity contribution in [3.63, 3.8) is 0 Å². The van der Waals surface area contributed by atoms with Crippen LogP contribution in [0.3, 0.4) is 0 Å². The Morgan fingerprint density at radius 2 is 1.97 bits per heavy atom. The zero-order valence-electron chi connectivity index (χ0n) is 17.3. The Kier molecular flexibility index (Phi) is 3.87. The molecule has 3 amide bonds. The minimum absolute atomic E-state index is 0.0627. The average Bonchev–Trinajstić information content (AvgIpc) is 3.22. The lowest BCUT2D eigenvalue weighted by Crippen LogP contribution is -2.57. The minimum atomic E-state index is -0.826. The third kappa shape index (κ3) is 2.26. The van der Waals surface area contributed by atoms with Gasteiger partial charge in [0.25, 0.3) is 5.91 Å². The number of carbonyl (C=O) groups is 3. The van der Waals surface area contributed by atoms with Crippen LogP contribution >= 0.6 is 0 Å². The van der Waals surface area contributed by atoms with Crippen LogP contribution in [0.15, 0.2) is 55.1 Å². The number of hydrogen-bond acceptors (Lipinski definition) is 4. The van der Waals surface area contributed by atoms with E-state index in [9.17, 15) is 19.5 Å². The topological polar surface area (TPSA) is 90.0 Å². The van der Waals surface area contributed by atoms with Crippen LogP contribution in [-0.4, -0.2) is 40.4 Å². The predicted octanol–water partition coefficient (Wildman–Crippen LogP) is 3.01. The maximum Gasteiger partial charge on any atom is 0.258 e. The van der Waals surface area contributed by atoms with E-state index < -0.39 is 23.0 Å². The molecule has 3 heterocycles. The smallest absolute Gasteiger partial charge is 0.258 e. The highest BCUT2D eigenvalue weighted by atomic mass is 16.3. The SMILES string of the molecule is C=CC(C)(C)[C@]12C[C@@H]3C(=O)Nc4ccccc4C(=O)N3[C@H]1N(C=O)c1ccc(O)cc12. The van der Waals surface area contributed by atoms with E-state index >= 15 is 0 Å². The van der Waals surface area contributed by atoms with Gasteiger partial charge in [0, 0.05) is 11.1 Å². The summed E-state index contributed by atoms with van der Waals surface area (Å²) in [4.78, 5) is 42.4. The van der Waals surface area contributed by atoms with Gasteiger partial charge >= 0.3 is 0 Å². The first-order valence-electron chi connectivity index (χ1n) is 10.2. The Morgan fingerprint density at radius 1 is 1.23 bits per heavy atom. The second kappa shape index (κ2) is 6.20. The zero-order valence-corrected chi connectivity index (χ0v) is 17.3.